The lowest BCUT2D eigenvalue weighted by Gasteiger charge is -2.13. The van der Waals surface area contributed by atoms with Gasteiger partial charge in [-0.05, 0) is 38.1 Å². The predicted octanol–water partition coefficient (Wildman–Crippen LogP) is 1.19. The van der Waals surface area contributed by atoms with Crippen molar-refractivity contribution in [2.24, 2.45) is 0 Å². The number of ether oxygens (including phenoxy) is 2. The monoisotopic (exact) mass is 266 g/mol. The Morgan fingerprint density at radius 1 is 1.26 bits per heavy atom. The van der Waals surface area contributed by atoms with E-state index in [2.05, 4.69) is 10.6 Å². The average Bonchev–Trinajstić information content (AvgIpc) is 2.44. The van der Waals surface area contributed by atoms with Gasteiger partial charge in [0, 0.05) is 13.1 Å². The summed E-state index contributed by atoms with van der Waals surface area (Å²) in [5, 5.41) is 5.86. The van der Waals surface area contributed by atoms with Gasteiger partial charge in [0.05, 0.1) is 13.2 Å². The van der Waals surface area contributed by atoms with Crippen molar-refractivity contribution in [2.45, 2.75) is 19.9 Å². The summed E-state index contributed by atoms with van der Waals surface area (Å²) in [6.07, 6.45) is 0. The number of hydrogen-bond donors (Lipinski definition) is 2. The molecule has 2 N–H and O–H groups in total. The van der Waals surface area contributed by atoms with Crippen molar-refractivity contribution >= 4 is 5.91 Å². The molecule has 0 saturated heterocycles. The summed E-state index contributed by atoms with van der Waals surface area (Å²) >= 11 is 0. The molecule has 0 radical (unpaired) electrons. The summed E-state index contributed by atoms with van der Waals surface area (Å²) in [5.74, 6) is 1.59. The molecule has 1 aromatic carbocycles. The van der Waals surface area contributed by atoms with Crippen LogP contribution in [0.2, 0.25) is 0 Å². The third kappa shape index (κ3) is 5.61. The van der Waals surface area contributed by atoms with Crippen molar-refractivity contribution in [3.8, 4) is 11.5 Å². The molecule has 1 unspecified atom stereocenters. The Kier molecular flexibility index (Phi) is 6.74. The maximum absolute atomic E-state index is 11.4. The number of benzene rings is 1. The van der Waals surface area contributed by atoms with Gasteiger partial charge in [-0.3, -0.25) is 4.79 Å². The van der Waals surface area contributed by atoms with Gasteiger partial charge in [-0.25, -0.2) is 0 Å². The first kappa shape index (κ1) is 15.3. The van der Waals surface area contributed by atoms with Crippen molar-refractivity contribution in [3.63, 3.8) is 0 Å². The van der Waals surface area contributed by atoms with Crippen LogP contribution in [0.25, 0.3) is 0 Å². The highest BCUT2D eigenvalue weighted by Crippen LogP contribution is 2.16. The molecule has 19 heavy (non-hydrogen) atoms. The Morgan fingerprint density at radius 3 is 2.47 bits per heavy atom. The van der Waals surface area contributed by atoms with Gasteiger partial charge in [-0.15, -0.1) is 0 Å². The second kappa shape index (κ2) is 8.37. The number of methoxy groups -OCH3 is 1. The SMILES string of the molecule is CCNC(=O)C(C)NCCOc1ccc(OC)cc1. The standard InChI is InChI=1S/C14H22N2O3/c1-4-15-14(17)11(2)16-9-10-19-13-7-5-12(18-3)6-8-13/h5-8,11,16H,4,9-10H2,1-3H3,(H,15,17). The minimum Gasteiger partial charge on any atom is -0.497 e. The van der Waals surface area contributed by atoms with E-state index in [1.54, 1.807) is 7.11 Å². The van der Waals surface area contributed by atoms with Gasteiger partial charge >= 0.3 is 0 Å². The van der Waals surface area contributed by atoms with E-state index in [9.17, 15) is 4.79 Å². The molecule has 5 heteroatoms. The minimum atomic E-state index is -0.209. The van der Waals surface area contributed by atoms with E-state index >= 15 is 0 Å². The van der Waals surface area contributed by atoms with Crippen LogP contribution in [0, 0.1) is 0 Å². The second-order valence-electron chi connectivity index (χ2n) is 4.09. The highest BCUT2D eigenvalue weighted by atomic mass is 16.5. The number of carbonyl (C=O) groups is 1. The summed E-state index contributed by atoms with van der Waals surface area (Å²) in [6.45, 7) is 5.50. The van der Waals surface area contributed by atoms with Crippen LogP contribution >= 0.6 is 0 Å². The smallest absolute Gasteiger partial charge is 0.236 e. The molecule has 0 spiro atoms. The van der Waals surface area contributed by atoms with Gasteiger partial charge in [0.25, 0.3) is 0 Å². The largest absolute Gasteiger partial charge is 0.497 e. The number of carbonyl (C=O) groups excluding carboxylic acids is 1. The summed E-state index contributed by atoms with van der Waals surface area (Å²) in [7, 11) is 1.63. The third-order valence-corrected chi connectivity index (χ3v) is 2.63. The molecule has 1 atom stereocenters. The average molecular weight is 266 g/mol. The third-order valence-electron chi connectivity index (χ3n) is 2.63. The molecule has 0 aromatic heterocycles. The quantitative estimate of drug-likeness (QED) is 0.694. The van der Waals surface area contributed by atoms with Crippen LogP contribution in [0.3, 0.4) is 0 Å². The van der Waals surface area contributed by atoms with Crippen molar-refractivity contribution in [2.75, 3.05) is 26.8 Å². The molecule has 0 fully saturated rings. The Bertz CT molecular complexity index is 379. The number of likely N-dealkylation sites (N-methyl/N-ethyl adjacent to an activating group) is 1. The molecule has 1 rings (SSSR count). The van der Waals surface area contributed by atoms with Gasteiger partial charge in [0.2, 0.25) is 5.91 Å². The van der Waals surface area contributed by atoms with Crippen LogP contribution in [0.5, 0.6) is 11.5 Å². The minimum absolute atomic E-state index is 0.00643. The normalized spacial score (nSPS) is 11.7. The fourth-order valence-electron chi connectivity index (χ4n) is 1.54. The fraction of sp³-hybridized carbons (Fsp3) is 0.500. The van der Waals surface area contributed by atoms with Gasteiger partial charge < -0.3 is 20.1 Å². The van der Waals surface area contributed by atoms with Crippen LogP contribution in [-0.4, -0.2) is 38.8 Å². The molecular weight excluding hydrogens is 244 g/mol. The maximum atomic E-state index is 11.4. The van der Waals surface area contributed by atoms with Crippen molar-refractivity contribution in [1.29, 1.82) is 0 Å². The Balaban J connectivity index is 2.21. The summed E-state index contributed by atoms with van der Waals surface area (Å²) in [6, 6.07) is 7.19. The lowest BCUT2D eigenvalue weighted by molar-refractivity contribution is -0.122. The number of rotatable bonds is 8. The molecular formula is C14H22N2O3. The second-order valence-corrected chi connectivity index (χ2v) is 4.09. The Labute approximate surface area is 114 Å². The number of hydrogen-bond acceptors (Lipinski definition) is 4. The van der Waals surface area contributed by atoms with E-state index < -0.39 is 0 Å². The number of nitrogens with one attached hydrogen (secondary N) is 2. The van der Waals surface area contributed by atoms with E-state index in [0.717, 1.165) is 11.5 Å². The molecule has 106 valence electrons. The van der Waals surface area contributed by atoms with Crippen molar-refractivity contribution < 1.29 is 14.3 Å². The van der Waals surface area contributed by atoms with Crippen LogP contribution in [0.1, 0.15) is 13.8 Å². The molecule has 1 aromatic rings. The summed E-state index contributed by atoms with van der Waals surface area (Å²) < 4.78 is 10.6. The Hall–Kier alpha value is -1.75. The van der Waals surface area contributed by atoms with Crippen molar-refractivity contribution in [1.82, 2.24) is 10.6 Å². The maximum Gasteiger partial charge on any atom is 0.236 e. The first-order valence-electron chi connectivity index (χ1n) is 6.45. The van der Waals surface area contributed by atoms with Gasteiger partial charge in [-0.1, -0.05) is 0 Å². The van der Waals surface area contributed by atoms with Gasteiger partial charge in [-0.2, -0.15) is 0 Å². The van der Waals surface area contributed by atoms with Crippen LogP contribution in [0.15, 0.2) is 24.3 Å². The highest BCUT2D eigenvalue weighted by Gasteiger charge is 2.09. The molecule has 5 nitrogen and oxygen atoms in total. The molecule has 0 bridgehead atoms. The van der Waals surface area contributed by atoms with Crippen molar-refractivity contribution in [3.05, 3.63) is 24.3 Å². The first-order valence-corrected chi connectivity index (χ1v) is 6.45. The predicted molar refractivity (Wildman–Crippen MR) is 74.6 cm³/mol. The topological polar surface area (TPSA) is 59.6 Å². The van der Waals surface area contributed by atoms with E-state index in [0.29, 0.717) is 19.7 Å². The van der Waals surface area contributed by atoms with E-state index in [1.165, 1.54) is 0 Å². The van der Waals surface area contributed by atoms with Crippen LogP contribution in [0.4, 0.5) is 0 Å². The number of amides is 1. The van der Waals surface area contributed by atoms with E-state index in [1.807, 2.05) is 38.1 Å². The lowest BCUT2D eigenvalue weighted by atomic mass is 10.3. The molecule has 0 aliphatic carbocycles. The van der Waals surface area contributed by atoms with Crippen LogP contribution in [-0.2, 0) is 4.79 Å². The van der Waals surface area contributed by atoms with E-state index in [4.69, 9.17) is 9.47 Å². The molecule has 1 amide bonds. The lowest BCUT2D eigenvalue weighted by Crippen LogP contribution is -2.43. The zero-order valence-corrected chi connectivity index (χ0v) is 11.7. The van der Waals surface area contributed by atoms with Gasteiger partial charge in [0.15, 0.2) is 0 Å². The van der Waals surface area contributed by atoms with Crippen LogP contribution < -0.4 is 20.1 Å². The molecule has 0 aliphatic rings. The Morgan fingerprint density at radius 2 is 1.89 bits per heavy atom. The van der Waals surface area contributed by atoms with Gasteiger partial charge in [0.1, 0.15) is 18.1 Å². The summed E-state index contributed by atoms with van der Waals surface area (Å²) in [4.78, 5) is 11.4. The highest BCUT2D eigenvalue weighted by molar-refractivity contribution is 5.81. The summed E-state index contributed by atoms with van der Waals surface area (Å²) in [5.41, 5.74) is 0. The molecule has 0 aliphatic heterocycles. The van der Waals surface area contributed by atoms with E-state index in [-0.39, 0.29) is 11.9 Å². The zero-order chi connectivity index (χ0) is 14.1. The first-order chi connectivity index (χ1) is 9.17. The zero-order valence-electron chi connectivity index (χ0n) is 11.7. The molecule has 0 saturated carbocycles. The molecule has 0 heterocycles. The fourth-order valence-corrected chi connectivity index (χ4v) is 1.54.